The normalized spacial score (nSPS) is 10.7. The minimum Gasteiger partial charge on any atom is -0.505 e. The van der Waals surface area contributed by atoms with Crippen LogP contribution >= 0.6 is 27.3 Å². The van der Waals surface area contributed by atoms with Gasteiger partial charge in [-0.25, -0.2) is 4.79 Å². The number of nitrogens with one attached hydrogen (secondary N) is 1. The third-order valence-corrected chi connectivity index (χ3v) is 4.11. The van der Waals surface area contributed by atoms with Crippen molar-refractivity contribution < 1.29 is 19.8 Å². The molecule has 0 saturated carbocycles. The van der Waals surface area contributed by atoms with Crippen LogP contribution in [0.1, 0.15) is 15.2 Å². The number of hydrogen-bond donors (Lipinski definition) is 3. The number of amides is 1. The van der Waals surface area contributed by atoms with E-state index in [0.717, 1.165) is 8.66 Å². The molecule has 5 nitrogen and oxygen atoms in total. The summed E-state index contributed by atoms with van der Waals surface area (Å²) in [6, 6.07) is 7.84. The van der Waals surface area contributed by atoms with E-state index in [9.17, 15) is 14.7 Å². The molecule has 0 radical (unpaired) electrons. The van der Waals surface area contributed by atoms with Gasteiger partial charge in [0, 0.05) is 11.0 Å². The number of rotatable bonds is 4. The van der Waals surface area contributed by atoms with E-state index in [-0.39, 0.29) is 11.3 Å². The number of anilines is 1. The topological polar surface area (TPSA) is 86.6 Å². The second-order valence-electron chi connectivity index (χ2n) is 3.97. The molecule has 0 saturated heterocycles. The number of benzene rings is 1. The van der Waals surface area contributed by atoms with Crippen LogP contribution in [-0.2, 0) is 4.79 Å². The Bertz CT molecular complexity index is 724. The average molecular weight is 368 g/mol. The molecule has 0 aliphatic rings. The van der Waals surface area contributed by atoms with Crippen molar-refractivity contribution in [3.63, 3.8) is 0 Å². The Balaban J connectivity index is 2.11. The van der Waals surface area contributed by atoms with Crippen LogP contribution < -0.4 is 5.32 Å². The van der Waals surface area contributed by atoms with E-state index in [1.807, 2.05) is 12.1 Å². The van der Waals surface area contributed by atoms with Gasteiger partial charge in [-0.1, -0.05) is 6.07 Å². The molecule has 108 valence electrons. The molecule has 2 aromatic rings. The number of thiophene rings is 1. The summed E-state index contributed by atoms with van der Waals surface area (Å²) in [4.78, 5) is 23.5. The SMILES string of the molecule is O=C(/C=C/c1ccc(Br)s1)Nc1cccc(C(=O)O)c1O. The summed E-state index contributed by atoms with van der Waals surface area (Å²) in [5.74, 6) is -2.19. The molecule has 0 fully saturated rings. The summed E-state index contributed by atoms with van der Waals surface area (Å²) in [5.41, 5.74) is -0.212. The molecule has 1 amide bonds. The fraction of sp³-hybridized carbons (Fsp3) is 0. The third kappa shape index (κ3) is 3.93. The van der Waals surface area contributed by atoms with Crippen molar-refractivity contribution in [3.8, 4) is 5.75 Å². The summed E-state index contributed by atoms with van der Waals surface area (Å²) < 4.78 is 0.953. The number of para-hydroxylation sites is 1. The Labute approximate surface area is 132 Å². The van der Waals surface area contributed by atoms with E-state index in [0.29, 0.717) is 0 Å². The number of carboxylic acid groups (broad SMARTS) is 1. The molecule has 0 bridgehead atoms. The van der Waals surface area contributed by atoms with Crippen LogP contribution in [0.3, 0.4) is 0 Å². The lowest BCUT2D eigenvalue weighted by Crippen LogP contribution is -2.09. The first kappa shape index (κ1) is 15.3. The molecular weight excluding hydrogens is 358 g/mol. The van der Waals surface area contributed by atoms with Gasteiger partial charge in [0.2, 0.25) is 5.91 Å². The van der Waals surface area contributed by atoms with Crippen molar-refractivity contribution in [3.05, 3.63) is 50.6 Å². The average Bonchev–Trinajstić information content (AvgIpc) is 2.84. The number of hydrogen-bond acceptors (Lipinski definition) is 4. The molecule has 0 spiro atoms. The number of carbonyl (C=O) groups is 2. The molecule has 0 unspecified atom stereocenters. The van der Waals surface area contributed by atoms with E-state index in [1.54, 1.807) is 6.08 Å². The lowest BCUT2D eigenvalue weighted by molar-refractivity contribution is -0.111. The van der Waals surface area contributed by atoms with Crippen molar-refractivity contribution >= 4 is 50.9 Å². The van der Waals surface area contributed by atoms with Crippen LogP contribution in [0.4, 0.5) is 5.69 Å². The van der Waals surface area contributed by atoms with E-state index in [2.05, 4.69) is 21.2 Å². The Morgan fingerprint density at radius 2 is 2.00 bits per heavy atom. The second-order valence-corrected chi connectivity index (χ2v) is 6.47. The van der Waals surface area contributed by atoms with Crippen molar-refractivity contribution in [1.29, 1.82) is 0 Å². The molecule has 0 aliphatic carbocycles. The van der Waals surface area contributed by atoms with Gasteiger partial charge in [0.25, 0.3) is 0 Å². The molecule has 1 aromatic carbocycles. The first-order valence-corrected chi connectivity index (χ1v) is 7.38. The molecule has 1 heterocycles. The summed E-state index contributed by atoms with van der Waals surface area (Å²) in [6.07, 6.45) is 2.94. The molecule has 0 aliphatic heterocycles. The molecule has 2 rings (SSSR count). The Morgan fingerprint density at radius 3 is 2.62 bits per heavy atom. The van der Waals surface area contributed by atoms with Gasteiger partial charge in [-0.05, 0) is 46.3 Å². The van der Waals surface area contributed by atoms with E-state index >= 15 is 0 Å². The quantitative estimate of drug-likeness (QED) is 0.569. The number of aromatic hydroxyl groups is 1. The Kier molecular flexibility index (Phi) is 4.77. The van der Waals surface area contributed by atoms with Crippen LogP contribution in [-0.4, -0.2) is 22.1 Å². The largest absolute Gasteiger partial charge is 0.505 e. The first-order valence-electron chi connectivity index (χ1n) is 5.77. The lowest BCUT2D eigenvalue weighted by atomic mass is 10.1. The highest BCUT2D eigenvalue weighted by molar-refractivity contribution is 9.11. The molecule has 3 N–H and O–H groups in total. The van der Waals surface area contributed by atoms with Crippen LogP contribution in [0.5, 0.6) is 5.75 Å². The lowest BCUT2D eigenvalue weighted by Gasteiger charge is -2.07. The summed E-state index contributed by atoms with van der Waals surface area (Å²) >= 11 is 4.79. The van der Waals surface area contributed by atoms with E-state index in [4.69, 9.17) is 5.11 Å². The molecule has 21 heavy (non-hydrogen) atoms. The van der Waals surface area contributed by atoms with Gasteiger partial charge in [0.1, 0.15) is 5.56 Å². The van der Waals surface area contributed by atoms with Gasteiger partial charge >= 0.3 is 5.97 Å². The Morgan fingerprint density at radius 1 is 1.24 bits per heavy atom. The monoisotopic (exact) mass is 367 g/mol. The molecule has 0 atom stereocenters. The van der Waals surface area contributed by atoms with E-state index < -0.39 is 17.6 Å². The fourth-order valence-corrected chi connectivity index (χ4v) is 2.89. The van der Waals surface area contributed by atoms with Crippen molar-refractivity contribution in [2.45, 2.75) is 0 Å². The van der Waals surface area contributed by atoms with Crippen LogP contribution in [0.25, 0.3) is 6.08 Å². The minimum absolute atomic E-state index is 0.0527. The number of aromatic carboxylic acids is 1. The number of carbonyl (C=O) groups excluding carboxylic acids is 1. The van der Waals surface area contributed by atoms with Gasteiger partial charge in [-0.2, -0.15) is 0 Å². The molecular formula is C14H10BrNO4S. The maximum Gasteiger partial charge on any atom is 0.339 e. The van der Waals surface area contributed by atoms with Crippen LogP contribution in [0.15, 0.2) is 40.2 Å². The first-order chi connectivity index (χ1) is 9.97. The zero-order valence-corrected chi connectivity index (χ0v) is 12.9. The number of halogens is 1. The van der Waals surface area contributed by atoms with Gasteiger partial charge in [-0.3, -0.25) is 4.79 Å². The standard InChI is InChI=1S/C14H10BrNO4S/c15-11-6-4-8(21-11)5-7-12(17)16-10-3-1-2-9(13(10)18)14(19)20/h1-7,18H,(H,16,17)(H,19,20)/b7-5+. The minimum atomic E-state index is -1.26. The smallest absolute Gasteiger partial charge is 0.339 e. The highest BCUT2D eigenvalue weighted by atomic mass is 79.9. The number of phenols is 1. The molecule has 7 heteroatoms. The zero-order chi connectivity index (χ0) is 15.4. The maximum atomic E-state index is 11.8. The maximum absolute atomic E-state index is 11.8. The van der Waals surface area contributed by atoms with Crippen molar-refractivity contribution in [2.24, 2.45) is 0 Å². The predicted octanol–water partition coefficient (Wildman–Crippen LogP) is 3.57. The highest BCUT2D eigenvalue weighted by Crippen LogP contribution is 2.27. The Hall–Kier alpha value is -2.12. The zero-order valence-electron chi connectivity index (χ0n) is 10.5. The molecule has 1 aromatic heterocycles. The third-order valence-electron chi connectivity index (χ3n) is 2.52. The van der Waals surface area contributed by atoms with Crippen molar-refractivity contribution in [2.75, 3.05) is 5.32 Å². The van der Waals surface area contributed by atoms with Gasteiger partial charge < -0.3 is 15.5 Å². The van der Waals surface area contributed by atoms with Crippen LogP contribution in [0, 0.1) is 0 Å². The van der Waals surface area contributed by atoms with Crippen LogP contribution in [0.2, 0.25) is 0 Å². The summed E-state index contributed by atoms with van der Waals surface area (Å²) in [6.45, 7) is 0. The highest BCUT2D eigenvalue weighted by Gasteiger charge is 2.13. The predicted molar refractivity (Wildman–Crippen MR) is 84.7 cm³/mol. The fourth-order valence-electron chi connectivity index (χ4n) is 1.57. The van der Waals surface area contributed by atoms with Gasteiger partial charge in [0.15, 0.2) is 5.75 Å². The van der Waals surface area contributed by atoms with E-state index in [1.165, 1.54) is 35.6 Å². The summed E-state index contributed by atoms with van der Waals surface area (Å²) in [7, 11) is 0. The van der Waals surface area contributed by atoms with Crippen molar-refractivity contribution in [1.82, 2.24) is 0 Å². The number of carboxylic acids is 1. The van der Waals surface area contributed by atoms with Gasteiger partial charge in [-0.15, -0.1) is 11.3 Å². The second kappa shape index (κ2) is 6.55. The summed E-state index contributed by atoms with van der Waals surface area (Å²) in [5, 5.41) is 21.1. The van der Waals surface area contributed by atoms with Gasteiger partial charge in [0.05, 0.1) is 9.47 Å².